The fourth-order valence-electron chi connectivity index (χ4n) is 4.65. The van der Waals surface area contributed by atoms with E-state index in [2.05, 4.69) is 25.2 Å². The van der Waals surface area contributed by atoms with Crippen LogP contribution in [-0.2, 0) is 0 Å². The van der Waals surface area contributed by atoms with Crippen molar-refractivity contribution < 1.29 is 13.5 Å². The third-order valence-corrected chi connectivity index (χ3v) is 6.03. The summed E-state index contributed by atoms with van der Waals surface area (Å²) in [6.45, 7) is 4.52. The fourth-order valence-corrected chi connectivity index (χ4v) is 4.65. The predicted molar refractivity (Wildman–Crippen MR) is 103 cm³/mol. The molecule has 0 amide bonds. The summed E-state index contributed by atoms with van der Waals surface area (Å²) >= 11 is 0. The molecule has 3 atom stereocenters. The van der Waals surface area contributed by atoms with Gasteiger partial charge >= 0.3 is 0 Å². The van der Waals surface area contributed by atoms with E-state index < -0.39 is 11.6 Å². The Labute approximate surface area is 156 Å². The maximum absolute atomic E-state index is 14.7. The number of fused-ring (bicyclic) bond motifs is 1. The molecule has 2 aliphatic rings. The van der Waals surface area contributed by atoms with Crippen LogP contribution in [0.4, 0.5) is 8.78 Å². The predicted octanol–water partition coefficient (Wildman–Crippen LogP) is 6.93. The standard InChI is InChI=1S/C23H30F2O/c1-3-5-7-8-16-9-10-18-17(16)11-12-19(18)20-13-14-21(23(25)22(20)24)26-15-6-4-2/h3,5,12-14,16-18H,4,6-11,15H2,1-2H3. The van der Waals surface area contributed by atoms with Gasteiger partial charge in [0.2, 0.25) is 5.82 Å². The summed E-state index contributed by atoms with van der Waals surface area (Å²) in [5.41, 5.74) is 1.45. The molecule has 0 saturated heterocycles. The number of halogens is 2. The van der Waals surface area contributed by atoms with E-state index in [1.165, 1.54) is 12.8 Å². The molecule has 1 aromatic carbocycles. The topological polar surface area (TPSA) is 9.23 Å². The van der Waals surface area contributed by atoms with Gasteiger partial charge in [0, 0.05) is 5.56 Å². The highest BCUT2D eigenvalue weighted by atomic mass is 19.2. The maximum atomic E-state index is 14.7. The van der Waals surface area contributed by atoms with E-state index in [0.29, 0.717) is 29.9 Å². The van der Waals surface area contributed by atoms with E-state index >= 15 is 0 Å². The Morgan fingerprint density at radius 3 is 2.81 bits per heavy atom. The van der Waals surface area contributed by atoms with E-state index in [1.807, 2.05) is 6.92 Å². The minimum Gasteiger partial charge on any atom is -0.490 e. The number of unbranched alkanes of at least 4 members (excludes halogenated alkanes) is 1. The van der Waals surface area contributed by atoms with Gasteiger partial charge in [-0.15, -0.1) is 0 Å². The van der Waals surface area contributed by atoms with Gasteiger partial charge < -0.3 is 4.74 Å². The molecule has 142 valence electrons. The van der Waals surface area contributed by atoms with Gasteiger partial charge in [-0.25, -0.2) is 4.39 Å². The molecule has 0 spiro atoms. The number of hydrogen-bond donors (Lipinski definition) is 0. The van der Waals surface area contributed by atoms with Crippen LogP contribution in [0.25, 0.3) is 5.57 Å². The Morgan fingerprint density at radius 2 is 2.04 bits per heavy atom. The van der Waals surface area contributed by atoms with Gasteiger partial charge in [-0.3, -0.25) is 0 Å². The lowest BCUT2D eigenvalue weighted by Gasteiger charge is -2.20. The second-order valence-corrected chi connectivity index (χ2v) is 7.59. The zero-order valence-corrected chi connectivity index (χ0v) is 15.9. The van der Waals surface area contributed by atoms with Crippen LogP contribution in [0.3, 0.4) is 0 Å². The smallest absolute Gasteiger partial charge is 0.201 e. The highest BCUT2D eigenvalue weighted by molar-refractivity contribution is 5.71. The van der Waals surface area contributed by atoms with Crippen molar-refractivity contribution in [2.24, 2.45) is 17.8 Å². The average Bonchev–Trinajstić information content (AvgIpc) is 3.22. The van der Waals surface area contributed by atoms with E-state index in [1.54, 1.807) is 12.1 Å². The van der Waals surface area contributed by atoms with Gasteiger partial charge in [-0.05, 0) is 80.9 Å². The lowest BCUT2D eigenvalue weighted by atomic mass is 9.85. The van der Waals surface area contributed by atoms with Crippen LogP contribution < -0.4 is 4.74 Å². The zero-order valence-electron chi connectivity index (χ0n) is 15.9. The number of ether oxygens (including phenoxy) is 1. The summed E-state index contributed by atoms with van der Waals surface area (Å²) in [4.78, 5) is 0. The minimum absolute atomic E-state index is 0.0329. The van der Waals surface area contributed by atoms with Crippen molar-refractivity contribution >= 4 is 5.57 Å². The van der Waals surface area contributed by atoms with Crippen LogP contribution in [0.1, 0.15) is 64.4 Å². The molecule has 0 aromatic heterocycles. The molecule has 0 radical (unpaired) electrons. The first kappa shape index (κ1) is 19.1. The molecule has 1 saturated carbocycles. The van der Waals surface area contributed by atoms with E-state index in [-0.39, 0.29) is 5.75 Å². The van der Waals surface area contributed by atoms with Crippen molar-refractivity contribution in [2.75, 3.05) is 6.61 Å². The number of benzene rings is 1. The molecule has 0 heterocycles. The minimum atomic E-state index is -0.842. The number of rotatable bonds is 8. The Morgan fingerprint density at radius 1 is 1.19 bits per heavy atom. The highest BCUT2D eigenvalue weighted by Crippen LogP contribution is 2.52. The van der Waals surface area contributed by atoms with Gasteiger partial charge in [0.15, 0.2) is 11.6 Å². The number of allylic oxidation sites excluding steroid dienone is 4. The third-order valence-electron chi connectivity index (χ3n) is 6.03. The Kier molecular flexibility index (Phi) is 6.50. The first-order valence-corrected chi connectivity index (χ1v) is 10.1. The summed E-state index contributed by atoms with van der Waals surface area (Å²) in [6, 6.07) is 3.30. The number of hydrogen-bond acceptors (Lipinski definition) is 1. The summed E-state index contributed by atoms with van der Waals surface area (Å²) < 4.78 is 34.5. The van der Waals surface area contributed by atoms with E-state index in [0.717, 1.165) is 37.7 Å². The molecule has 0 N–H and O–H groups in total. The van der Waals surface area contributed by atoms with Crippen molar-refractivity contribution in [2.45, 2.75) is 58.8 Å². The summed E-state index contributed by atoms with van der Waals surface area (Å²) in [5, 5.41) is 0. The van der Waals surface area contributed by atoms with E-state index in [9.17, 15) is 8.78 Å². The maximum Gasteiger partial charge on any atom is 0.201 e. The average molecular weight is 360 g/mol. The monoisotopic (exact) mass is 360 g/mol. The molecule has 0 bridgehead atoms. The van der Waals surface area contributed by atoms with Gasteiger partial charge in [0.1, 0.15) is 0 Å². The Balaban J connectivity index is 1.71. The summed E-state index contributed by atoms with van der Waals surface area (Å²) in [5.74, 6) is 0.124. The molecular formula is C23H30F2O. The second kappa shape index (κ2) is 8.83. The summed E-state index contributed by atoms with van der Waals surface area (Å²) in [6.07, 6.45) is 13.9. The van der Waals surface area contributed by atoms with Gasteiger partial charge in [-0.2, -0.15) is 4.39 Å². The third kappa shape index (κ3) is 3.87. The SMILES string of the molecule is CC=CCCC1CCC2C(c3ccc(OCCCC)c(F)c3F)=CCC12. The summed E-state index contributed by atoms with van der Waals surface area (Å²) in [7, 11) is 0. The molecule has 1 aromatic rings. The van der Waals surface area contributed by atoms with Crippen molar-refractivity contribution in [3.8, 4) is 5.75 Å². The Hall–Kier alpha value is -1.64. The van der Waals surface area contributed by atoms with Crippen LogP contribution in [0.5, 0.6) is 5.75 Å². The van der Waals surface area contributed by atoms with Crippen LogP contribution in [-0.4, -0.2) is 6.61 Å². The molecule has 3 heteroatoms. The van der Waals surface area contributed by atoms with Gasteiger partial charge in [0.05, 0.1) is 6.61 Å². The quantitative estimate of drug-likeness (QED) is 0.361. The van der Waals surface area contributed by atoms with Crippen molar-refractivity contribution in [3.05, 3.63) is 47.6 Å². The van der Waals surface area contributed by atoms with Crippen molar-refractivity contribution in [1.29, 1.82) is 0 Å². The Bertz CT molecular complexity index is 677. The molecule has 1 nitrogen and oxygen atoms in total. The first-order valence-electron chi connectivity index (χ1n) is 10.1. The van der Waals surface area contributed by atoms with Crippen LogP contribution >= 0.6 is 0 Å². The highest BCUT2D eigenvalue weighted by Gasteiger charge is 2.41. The largest absolute Gasteiger partial charge is 0.490 e. The van der Waals surface area contributed by atoms with Crippen LogP contribution in [0.15, 0.2) is 30.4 Å². The first-order chi connectivity index (χ1) is 12.7. The van der Waals surface area contributed by atoms with E-state index in [4.69, 9.17) is 4.74 Å². The molecule has 3 rings (SSSR count). The molecule has 3 unspecified atom stereocenters. The van der Waals surface area contributed by atoms with Crippen molar-refractivity contribution in [3.63, 3.8) is 0 Å². The van der Waals surface area contributed by atoms with Gasteiger partial charge in [-0.1, -0.05) is 31.6 Å². The second-order valence-electron chi connectivity index (χ2n) is 7.59. The van der Waals surface area contributed by atoms with Gasteiger partial charge in [0.25, 0.3) is 0 Å². The molecule has 2 aliphatic carbocycles. The normalized spacial score (nSPS) is 24.9. The van der Waals surface area contributed by atoms with Crippen molar-refractivity contribution in [1.82, 2.24) is 0 Å². The zero-order chi connectivity index (χ0) is 18.5. The van der Waals surface area contributed by atoms with Crippen LogP contribution in [0.2, 0.25) is 0 Å². The lowest BCUT2D eigenvalue weighted by molar-refractivity contribution is 0.288. The molecule has 0 aliphatic heterocycles. The molecule has 1 fully saturated rings. The molecular weight excluding hydrogens is 330 g/mol. The molecule has 26 heavy (non-hydrogen) atoms. The lowest BCUT2D eigenvalue weighted by Crippen LogP contribution is -2.11. The van der Waals surface area contributed by atoms with Crippen LogP contribution in [0, 0.1) is 29.4 Å². The fraction of sp³-hybridized carbons (Fsp3) is 0.565.